The molecule has 0 heterocycles. The molecule has 0 aliphatic heterocycles. The fraction of sp³-hybridized carbons (Fsp3) is 0.583. The topological polar surface area (TPSA) is 40.5 Å². The lowest BCUT2D eigenvalue weighted by Crippen LogP contribution is -2.30. The van der Waals surface area contributed by atoms with Gasteiger partial charge < -0.3 is 10.0 Å². The van der Waals surface area contributed by atoms with Crippen molar-refractivity contribution in [2.45, 2.75) is 25.7 Å². The van der Waals surface area contributed by atoms with E-state index in [9.17, 15) is 4.79 Å². The van der Waals surface area contributed by atoms with Crippen molar-refractivity contribution in [1.82, 2.24) is 4.90 Å². The molecule has 1 amide bonds. The minimum Gasteiger partial charge on any atom is -0.396 e. The molecule has 0 saturated heterocycles. The van der Waals surface area contributed by atoms with Gasteiger partial charge in [-0.2, -0.15) is 0 Å². The largest absolute Gasteiger partial charge is 0.396 e. The first-order valence-electron chi connectivity index (χ1n) is 5.39. The Hall–Kier alpha value is -1.09. The van der Waals surface area contributed by atoms with Gasteiger partial charge in [-0.25, -0.2) is 0 Å². The van der Waals surface area contributed by atoms with E-state index in [1.54, 1.807) is 11.0 Å². The number of hydrogen-bond donors (Lipinski definition) is 1. The second-order valence-corrected chi connectivity index (χ2v) is 3.41. The SMILES string of the molecule is C=CCN(CCCCCCO)C(=O)C=C. The Bertz CT molecular complexity index is 202. The first kappa shape index (κ1) is 13.9. The Kier molecular flexibility index (Phi) is 8.78. The summed E-state index contributed by atoms with van der Waals surface area (Å²) in [5.41, 5.74) is 0. The van der Waals surface area contributed by atoms with Crippen LogP contribution in [0.4, 0.5) is 0 Å². The third-order valence-electron chi connectivity index (χ3n) is 2.17. The molecule has 0 aliphatic carbocycles. The van der Waals surface area contributed by atoms with E-state index in [1.807, 2.05) is 0 Å². The van der Waals surface area contributed by atoms with Crippen LogP contribution in [0.15, 0.2) is 25.3 Å². The van der Waals surface area contributed by atoms with Gasteiger partial charge in [0.1, 0.15) is 0 Å². The molecule has 0 aromatic rings. The average Bonchev–Trinajstić information content (AvgIpc) is 2.26. The molecule has 0 rings (SSSR count). The first-order valence-corrected chi connectivity index (χ1v) is 5.39. The van der Waals surface area contributed by atoms with Gasteiger partial charge in [-0.1, -0.05) is 25.5 Å². The summed E-state index contributed by atoms with van der Waals surface area (Å²) in [6.45, 7) is 8.64. The molecule has 0 aromatic heterocycles. The molecule has 86 valence electrons. The first-order chi connectivity index (χ1) is 7.26. The Labute approximate surface area is 92.1 Å². The van der Waals surface area contributed by atoms with Gasteiger partial charge in [-0.3, -0.25) is 4.79 Å². The van der Waals surface area contributed by atoms with Crippen LogP contribution in [0.1, 0.15) is 25.7 Å². The monoisotopic (exact) mass is 211 g/mol. The van der Waals surface area contributed by atoms with E-state index in [0.29, 0.717) is 6.54 Å². The van der Waals surface area contributed by atoms with E-state index >= 15 is 0 Å². The van der Waals surface area contributed by atoms with Crippen LogP contribution in [0.25, 0.3) is 0 Å². The van der Waals surface area contributed by atoms with Gasteiger partial charge in [0, 0.05) is 19.7 Å². The Morgan fingerprint density at radius 1 is 1.20 bits per heavy atom. The maximum absolute atomic E-state index is 11.3. The molecule has 0 atom stereocenters. The summed E-state index contributed by atoms with van der Waals surface area (Å²) >= 11 is 0. The second kappa shape index (κ2) is 9.46. The van der Waals surface area contributed by atoms with Crippen molar-refractivity contribution in [3.05, 3.63) is 25.3 Å². The van der Waals surface area contributed by atoms with E-state index in [4.69, 9.17) is 5.11 Å². The van der Waals surface area contributed by atoms with Crippen molar-refractivity contribution in [3.63, 3.8) is 0 Å². The highest BCUT2D eigenvalue weighted by Crippen LogP contribution is 2.02. The third-order valence-corrected chi connectivity index (χ3v) is 2.17. The lowest BCUT2D eigenvalue weighted by Gasteiger charge is -2.18. The number of carbonyl (C=O) groups excluding carboxylic acids is 1. The van der Waals surface area contributed by atoms with Gasteiger partial charge in [-0.15, -0.1) is 6.58 Å². The highest BCUT2D eigenvalue weighted by molar-refractivity contribution is 5.87. The zero-order valence-corrected chi connectivity index (χ0v) is 9.32. The van der Waals surface area contributed by atoms with Crippen LogP contribution in [-0.2, 0) is 4.79 Å². The van der Waals surface area contributed by atoms with Gasteiger partial charge >= 0.3 is 0 Å². The summed E-state index contributed by atoms with van der Waals surface area (Å²) in [4.78, 5) is 13.1. The molecule has 3 heteroatoms. The van der Waals surface area contributed by atoms with Gasteiger partial charge in [0.2, 0.25) is 5.91 Å². The molecule has 0 saturated carbocycles. The second-order valence-electron chi connectivity index (χ2n) is 3.41. The van der Waals surface area contributed by atoms with Crippen LogP contribution < -0.4 is 0 Å². The predicted octanol–water partition coefficient (Wildman–Crippen LogP) is 1.74. The molecule has 0 fully saturated rings. The fourth-order valence-electron chi connectivity index (χ4n) is 1.34. The number of hydrogen-bond acceptors (Lipinski definition) is 2. The van der Waals surface area contributed by atoms with Crippen molar-refractivity contribution in [2.24, 2.45) is 0 Å². The summed E-state index contributed by atoms with van der Waals surface area (Å²) in [5.74, 6) is -0.0444. The quantitative estimate of drug-likeness (QED) is 0.358. The van der Waals surface area contributed by atoms with Crippen LogP contribution in [0.5, 0.6) is 0 Å². The normalized spacial score (nSPS) is 9.67. The van der Waals surface area contributed by atoms with Gasteiger partial charge in [0.15, 0.2) is 0 Å². The lowest BCUT2D eigenvalue weighted by molar-refractivity contribution is -0.125. The van der Waals surface area contributed by atoms with Crippen molar-refractivity contribution >= 4 is 5.91 Å². The van der Waals surface area contributed by atoms with Gasteiger partial charge in [0.05, 0.1) is 0 Å². The molecule has 3 nitrogen and oxygen atoms in total. The molecule has 0 unspecified atom stereocenters. The molecule has 0 aromatic carbocycles. The van der Waals surface area contributed by atoms with E-state index in [1.165, 1.54) is 6.08 Å². The Morgan fingerprint density at radius 2 is 1.87 bits per heavy atom. The number of rotatable bonds is 9. The number of aliphatic hydroxyl groups is 1. The minimum absolute atomic E-state index is 0.0444. The molecule has 1 N–H and O–H groups in total. The van der Waals surface area contributed by atoms with Crippen molar-refractivity contribution in [2.75, 3.05) is 19.7 Å². The van der Waals surface area contributed by atoms with Crippen LogP contribution in [0, 0.1) is 0 Å². The maximum atomic E-state index is 11.3. The summed E-state index contributed by atoms with van der Waals surface area (Å²) in [6.07, 6.45) is 6.91. The number of aliphatic hydroxyl groups excluding tert-OH is 1. The van der Waals surface area contributed by atoms with E-state index in [-0.39, 0.29) is 12.5 Å². The van der Waals surface area contributed by atoms with Gasteiger partial charge in [-0.05, 0) is 18.9 Å². The highest BCUT2D eigenvalue weighted by atomic mass is 16.2. The molecular formula is C12H21NO2. The molecular weight excluding hydrogens is 190 g/mol. The number of carbonyl (C=O) groups is 1. The maximum Gasteiger partial charge on any atom is 0.246 e. The Balaban J connectivity index is 3.70. The number of unbranched alkanes of at least 4 members (excludes halogenated alkanes) is 3. The zero-order chi connectivity index (χ0) is 11.5. The molecule has 15 heavy (non-hydrogen) atoms. The number of amides is 1. The minimum atomic E-state index is -0.0444. The predicted molar refractivity (Wildman–Crippen MR) is 62.5 cm³/mol. The number of nitrogens with zero attached hydrogens (tertiary/aromatic N) is 1. The van der Waals surface area contributed by atoms with Crippen LogP contribution in [0.2, 0.25) is 0 Å². The molecule has 0 bridgehead atoms. The van der Waals surface area contributed by atoms with Gasteiger partial charge in [0.25, 0.3) is 0 Å². The lowest BCUT2D eigenvalue weighted by atomic mass is 10.2. The van der Waals surface area contributed by atoms with E-state index in [2.05, 4.69) is 13.2 Å². The summed E-state index contributed by atoms with van der Waals surface area (Å²) in [5, 5.41) is 8.59. The highest BCUT2D eigenvalue weighted by Gasteiger charge is 2.06. The summed E-state index contributed by atoms with van der Waals surface area (Å²) in [6, 6.07) is 0. The van der Waals surface area contributed by atoms with Crippen molar-refractivity contribution in [1.29, 1.82) is 0 Å². The standard InChI is InChI=1S/C12H21NO2/c1-3-9-13(12(15)4-2)10-7-5-6-8-11-14/h3-4,14H,1-2,5-11H2. The molecule has 0 spiro atoms. The molecule has 0 aliphatic rings. The fourth-order valence-corrected chi connectivity index (χ4v) is 1.34. The van der Waals surface area contributed by atoms with Crippen molar-refractivity contribution in [3.8, 4) is 0 Å². The van der Waals surface area contributed by atoms with Crippen LogP contribution in [0.3, 0.4) is 0 Å². The average molecular weight is 211 g/mol. The Morgan fingerprint density at radius 3 is 2.40 bits per heavy atom. The zero-order valence-electron chi connectivity index (χ0n) is 9.32. The smallest absolute Gasteiger partial charge is 0.246 e. The third kappa shape index (κ3) is 6.91. The van der Waals surface area contributed by atoms with E-state index < -0.39 is 0 Å². The molecule has 0 radical (unpaired) electrons. The van der Waals surface area contributed by atoms with Crippen LogP contribution in [-0.4, -0.2) is 35.6 Å². The van der Waals surface area contributed by atoms with E-state index in [0.717, 1.165) is 32.2 Å². The van der Waals surface area contributed by atoms with Crippen molar-refractivity contribution < 1.29 is 9.90 Å². The summed E-state index contributed by atoms with van der Waals surface area (Å²) in [7, 11) is 0. The summed E-state index contributed by atoms with van der Waals surface area (Å²) < 4.78 is 0. The van der Waals surface area contributed by atoms with Crippen LogP contribution >= 0.6 is 0 Å².